The fourth-order valence-corrected chi connectivity index (χ4v) is 4.95. The predicted molar refractivity (Wildman–Crippen MR) is 142 cm³/mol. The van der Waals surface area contributed by atoms with Crippen molar-refractivity contribution >= 4 is 11.9 Å². The van der Waals surface area contributed by atoms with E-state index in [9.17, 15) is 4.79 Å². The summed E-state index contributed by atoms with van der Waals surface area (Å²) in [5, 5.41) is 3.14. The molecule has 0 saturated heterocycles. The molecule has 2 aliphatic rings. The quantitative estimate of drug-likeness (QED) is 0.355. The molecular formula is C29H33N5O2. The number of amidine groups is 1. The Balaban J connectivity index is 1.51. The summed E-state index contributed by atoms with van der Waals surface area (Å²) in [5.41, 5.74) is 8.88. The number of fused-ring (bicyclic) bond motifs is 1. The van der Waals surface area contributed by atoms with Gasteiger partial charge in [0.1, 0.15) is 11.4 Å². The van der Waals surface area contributed by atoms with Crippen LogP contribution in [0.25, 0.3) is 22.4 Å². The number of hydrogen-bond donors (Lipinski definition) is 3. The van der Waals surface area contributed by atoms with Gasteiger partial charge >= 0.3 is 6.09 Å². The number of hydrogen-bond acceptors (Lipinski definition) is 6. The molecule has 7 heteroatoms. The Kier molecular flexibility index (Phi) is 6.26. The summed E-state index contributed by atoms with van der Waals surface area (Å²) in [4.78, 5) is 22.2. The van der Waals surface area contributed by atoms with Gasteiger partial charge in [-0.3, -0.25) is 9.98 Å². The topological polar surface area (TPSA) is 102 Å². The van der Waals surface area contributed by atoms with Gasteiger partial charge in [-0.2, -0.15) is 0 Å². The van der Waals surface area contributed by atoms with Gasteiger partial charge in [-0.15, -0.1) is 0 Å². The summed E-state index contributed by atoms with van der Waals surface area (Å²) in [5.74, 6) is 6.42. The predicted octanol–water partition coefficient (Wildman–Crippen LogP) is 5.09. The summed E-state index contributed by atoms with van der Waals surface area (Å²) in [7, 11) is 0. The third-order valence-corrected chi connectivity index (χ3v) is 6.85. The first-order chi connectivity index (χ1) is 17.3. The molecule has 1 aliphatic carbocycles. The van der Waals surface area contributed by atoms with Crippen molar-refractivity contribution in [3.63, 3.8) is 0 Å². The highest BCUT2D eigenvalue weighted by Crippen LogP contribution is 2.42. The van der Waals surface area contributed by atoms with E-state index in [1.807, 2.05) is 39.0 Å². The first-order valence-electron chi connectivity index (χ1n) is 12.5. The van der Waals surface area contributed by atoms with Crippen molar-refractivity contribution in [3.8, 4) is 22.4 Å². The molecule has 5 rings (SSSR count). The molecule has 2 heterocycles. The maximum Gasteiger partial charge on any atom is 0.408 e. The van der Waals surface area contributed by atoms with Crippen molar-refractivity contribution in [3.05, 3.63) is 77.5 Å². The van der Waals surface area contributed by atoms with E-state index >= 15 is 0 Å². The van der Waals surface area contributed by atoms with Gasteiger partial charge in [0.25, 0.3) is 0 Å². The Morgan fingerprint density at radius 1 is 1.00 bits per heavy atom. The number of hydrazine groups is 1. The van der Waals surface area contributed by atoms with Gasteiger partial charge in [-0.05, 0) is 57.2 Å². The first-order valence-corrected chi connectivity index (χ1v) is 12.5. The lowest BCUT2D eigenvalue weighted by atomic mass is 9.71. The SMILES string of the molecule is CC(C)(C)OC(=O)NC1(c2ccc(-c3nc4c(cc3-c3ccccc3)C(NN)=NCC4)cc2)CCC1. The maximum atomic E-state index is 12.6. The number of alkyl carbamates (subject to hydrolysis) is 1. The van der Waals surface area contributed by atoms with Crippen molar-refractivity contribution < 1.29 is 9.53 Å². The molecule has 186 valence electrons. The van der Waals surface area contributed by atoms with Crippen LogP contribution in [0.4, 0.5) is 4.79 Å². The summed E-state index contributed by atoms with van der Waals surface area (Å²) < 4.78 is 5.54. The van der Waals surface area contributed by atoms with Crippen LogP contribution in [-0.4, -0.2) is 29.1 Å². The molecule has 1 aromatic heterocycles. The second-order valence-electron chi connectivity index (χ2n) is 10.5. The number of aromatic nitrogens is 1. The number of nitrogens with one attached hydrogen (secondary N) is 2. The van der Waals surface area contributed by atoms with Crippen molar-refractivity contribution in [1.82, 2.24) is 15.7 Å². The van der Waals surface area contributed by atoms with Crippen LogP contribution in [0.15, 0.2) is 65.7 Å². The molecule has 2 aromatic carbocycles. The molecule has 36 heavy (non-hydrogen) atoms. The average molecular weight is 484 g/mol. The zero-order chi connectivity index (χ0) is 25.3. The Morgan fingerprint density at radius 3 is 2.33 bits per heavy atom. The number of rotatable bonds is 4. The molecule has 3 aromatic rings. The highest BCUT2D eigenvalue weighted by atomic mass is 16.6. The lowest BCUT2D eigenvalue weighted by Crippen LogP contribution is -2.52. The number of pyridine rings is 1. The number of carbonyl (C=O) groups excluding carboxylic acids is 1. The van der Waals surface area contributed by atoms with Crippen molar-refractivity contribution in [1.29, 1.82) is 0 Å². The standard InChI is InChI=1S/C29H33N5O2/c1-28(2,3)36-27(35)33-29(15-7-16-29)21-12-10-20(11-13-21)25-22(19-8-5-4-6-9-19)18-23-24(32-25)14-17-31-26(23)34-30/h4-6,8-13,18H,7,14-17,30H2,1-3H3,(H,31,34)(H,33,35). The van der Waals surface area contributed by atoms with Crippen molar-refractivity contribution in [2.45, 2.75) is 57.6 Å². The van der Waals surface area contributed by atoms with Crippen LogP contribution in [0.2, 0.25) is 0 Å². The molecular weight excluding hydrogens is 450 g/mol. The zero-order valence-electron chi connectivity index (χ0n) is 21.1. The molecule has 1 amide bonds. The van der Waals surface area contributed by atoms with Crippen LogP contribution in [0, 0.1) is 0 Å². The first kappa shape index (κ1) is 24.0. The Bertz CT molecular complexity index is 1290. The third kappa shape index (κ3) is 4.71. The molecule has 0 unspecified atom stereocenters. The summed E-state index contributed by atoms with van der Waals surface area (Å²) in [6.07, 6.45) is 3.25. The molecule has 1 saturated carbocycles. The van der Waals surface area contributed by atoms with Gasteiger partial charge in [0, 0.05) is 29.7 Å². The third-order valence-electron chi connectivity index (χ3n) is 6.85. The van der Waals surface area contributed by atoms with Crippen molar-refractivity contribution in [2.24, 2.45) is 10.8 Å². The van der Waals surface area contributed by atoms with E-state index in [0.717, 1.165) is 64.9 Å². The number of aliphatic imine (C=N–C) groups is 1. The fourth-order valence-electron chi connectivity index (χ4n) is 4.95. The second-order valence-corrected chi connectivity index (χ2v) is 10.5. The van der Waals surface area contributed by atoms with Crippen LogP contribution < -0.4 is 16.6 Å². The summed E-state index contributed by atoms with van der Waals surface area (Å²) >= 11 is 0. The highest BCUT2D eigenvalue weighted by Gasteiger charge is 2.41. The van der Waals surface area contributed by atoms with E-state index < -0.39 is 5.60 Å². The van der Waals surface area contributed by atoms with E-state index in [1.54, 1.807) is 0 Å². The zero-order valence-corrected chi connectivity index (χ0v) is 21.1. The molecule has 7 nitrogen and oxygen atoms in total. The lowest BCUT2D eigenvalue weighted by Gasteiger charge is -2.43. The number of nitrogens with two attached hydrogens (primary N) is 1. The van der Waals surface area contributed by atoms with Crippen LogP contribution in [0.1, 0.15) is 56.9 Å². The Morgan fingerprint density at radius 2 is 1.72 bits per heavy atom. The van der Waals surface area contributed by atoms with E-state index in [-0.39, 0.29) is 11.6 Å². The minimum absolute atomic E-state index is 0.375. The molecule has 4 N–H and O–H groups in total. The van der Waals surface area contributed by atoms with Gasteiger partial charge in [-0.25, -0.2) is 10.6 Å². The van der Waals surface area contributed by atoms with Gasteiger partial charge in [0.05, 0.1) is 16.9 Å². The van der Waals surface area contributed by atoms with Gasteiger partial charge in [0.2, 0.25) is 0 Å². The van der Waals surface area contributed by atoms with Gasteiger partial charge < -0.3 is 15.5 Å². The number of nitrogens with zero attached hydrogens (tertiary/aromatic N) is 2. The average Bonchev–Trinajstić information content (AvgIpc) is 2.84. The minimum atomic E-state index is -0.533. The Labute approximate surface area is 212 Å². The molecule has 0 bridgehead atoms. The monoisotopic (exact) mass is 483 g/mol. The van der Waals surface area contributed by atoms with Crippen LogP contribution in [-0.2, 0) is 16.7 Å². The maximum absolute atomic E-state index is 12.6. The summed E-state index contributed by atoms with van der Waals surface area (Å²) in [6, 6.07) is 20.8. The molecule has 1 fully saturated rings. The van der Waals surface area contributed by atoms with E-state index in [1.165, 1.54) is 0 Å². The van der Waals surface area contributed by atoms with Crippen LogP contribution in [0.5, 0.6) is 0 Å². The second kappa shape index (κ2) is 9.39. The van der Waals surface area contributed by atoms with E-state index in [0.29, 0.717) is 12.4 Å². The van der Waals surface area contributed by atoms with Crippen molar-refractivity contribution in [2.75, 3.05) is 6.54 Å². The van der Waals surface area contributed by atoms with Crippen LogP contribution in [0.3, 0.4) is 0 Å². The van der Waals surface area contributed by atoms with Gasteiger partial charge in [0.15, 0.2) is 0 Å². The molecule has 0 atom stereocenters. The Hall–Kier alpha value is -3.71. The van der Waals surface area contributed by atoms with E-state index in [4.69, 9.17) is 15.6 Å². The number of benzene rings is 2. The highest BCUT2D eigenvalue weighted by molar-refractivity contribution is 6.02. The van der Waals surface area contributed by atoms with E-state index in [2.05, 4.69) is 58.2 Å². The number of amides is 1. The minimum Gasteiger partial charge on any atom is -0.444 e. The molecule has 0 spiro atoms. The fraction of sp³-hybridized carbons (Fsp3) is 0.345. The number of ether oxygens (including phenoxy) is 1. The normalized spacial score (nSPS) is 16.3. The molecule has 0 radical (unpaired) electrons. The lowest BCUT2D eigenvalue weighted by molar-refractivity contribution is 0.0377. The van der Waals surface area contributed by atoms with Crippen LogP contribution >= 0.6 is 0 Å². The summed E-state index contributed by atoms with van der Waals surface area (Å²) in [6.45, 7) is 6.29. The largest absolute Gasteiger partial charge is 0.444 e. The van der Waals surface area contributed by atoms with Gasteiger partial charge in [-0.1, -0.05) is 54.6 Å². The molecule has 1 aliphatic heterocycles. The smallest absolute Gasteiger partial charge is 0.408 e. The number of carbonyl (C=O) groups is 1.